The summed E-state index contributed by atoms with van der Waals surface area (Å²) in [5, 5.41) is 9.35. The number of aliphatic carboxylic acids is 1. The monoisotopic (exact) mass is 281 g/mol. The maximum absolute atomic E-state index is 12.5. The van der Waals surface area contributed by atoms with E-state index in [1.54, 1.807) is 0 Å². The van der Waals surface area contributed by atoms with Gasteiger partial charge in [0.1, 0.15) is 6.04 Å². The highest BCUT2D eigenvalue weighted by Crippen LogP contribution is 2.49. The van der Waals surface area contributed by atoms with Crippen molar-refractivity contribution in [2.75, 3.05) is 0 Å². The van der Waals surface area contributed by atoms with Gasteiger partial charge in [0.15, 0.2) is 0 Å². The van der Waals surface area contributed by atoms with Crippen LogP contribution in [-0.4, -0.2) is 46.0 Å². The number of carboxylic acid groups (broad SMARTS) is 1. The predicted octanol–water partition coefficient (Wildman–Crippen LogP) is 0.648. The number of fused-ring (bicyclic) bond motifs is 5. The van der Waals surface area contributed by atoms with Gasteiger partial charge < -0.3 is 9.84 Å². The molecule has 3 fully saturated rings. The van der Waals surface area contributed by atoms with Crippen LogP contribution in [0.3, 0.4) is 0 Å². The molecule has 3 aliphatic heterocycles. The number of ether oxygens (including phenoxy) is 1. The van der Waals surface area contributed by atoms with Crippen LogP contribution in [-0.2, 0) is 19.1 Å². The Morgan fingerprint density at radius 3 is 2.15 bits per heavy atom. The molecule has 0 aromatic heterocycles. The zero-order valence-corrected chi connectivity index (χ0v) is 11.6. The summed E-state index contributed by atoms with van der Waals surface area (Å²) in [5.74, 6) is -2.59. The highest BCUT2D eigenvalue weighted by atomic mass is 16.5. The van der Waals surface area contributed by atoms with Gasteiger partial charge in [0.05, 0.1) is 24.0 Å². The maximum Gasteiger partial charge on any atom is 0.326 e. The van der Waals surface area contributed by atoms with Gasteiger partial charge in [0, 0.05) is 0 Å². The Morgan fingerprint density at radius 2 is 1.75 bits per heavy atom. The molecule has 0 radical (unpaired) electrons. The Kier molecular flexibility index (Phi) is 3.08. The fourth-order valence-electron chi connectivity index (χ4n) is 3.81. The second kappa shape index (κ2) is 4.55. The Labute approximate surface area is 117 Å². The summed E-state index contributed by atoms with van der Waals surface area (Å²) in [6, 6.07) is -1.04. The number of hydrogen-bond donors (Lipinski definition) is 1. The summed E-state index contributed by atoms with van der Waals surface area (Å²) >= 11 is 0. The number of imide groups is 1. The molecule has 0 aromatic carbocycles. The van der Waals surface area contributed by atoms with Crippen LogP contribution in [0.5, 0.6) is 0 Å². The number of rotatable bonds is 4. The van der Waals surface area contributed by atoms with Crippen molar-refractivity contribution in [2.24, 2.45) is 17.8 Å². The zero-order chi connectivity index (χ0) is 14.6. The topological polar surface area (TPSA) is 83.9 Å². The van der Waals surface area contributed by atoms with E-state index in [2.05, 4.69) is 0 Å². The van der Waals surface area contributed by atoms with Crippen molar-refractivity contribution in [3.05, 3.63) is 0 Å². The first-order valence-corrected chi connectivity index (χ1v) is 7.17. The SMILES string of the molecule is CC(C)CC(C(=O)O)N1C(=O)C2C(C1=O)[C@H]1CC[C@@H]2O1. The van der Waals surface area contributed by atoms with Crippen LogP contribution in [0.2, 0.25) is 0 Å². The van der Waals surface area contributed by atoms with E-state index in [-0.39, 0.29) is 29.9 Å². The summed E-state index contributed by atoms with van der Waals surface area (Å²) in [7, 11) is 0. The van der Waals surface area contributed by atoms with Crippen molar-refractivity contribution in [2.45, 2.75) is 51.4 Å². The third kappa shape index (κ3) is 1.78. The molecule has 0 aliphatic carbocycles. The summed E-state index contributed by atoms with van der Waals surface area (Å²) in [5.41, 5.74) is 0. The molecule has 0 spiro atoms. The first-order valence-electron chi connectivity index (χ1n) is 7.17. The Balaban J connectivity index is 1.89. The van der Waals surface area contributed by atoms with Crippen molar-refractivity contribution >= 4 is 17.8 Å². The van der Waals surface area contributed by atoms with E-state index in [1.165, 1.54) is 0 Å². The van der Waals surface area contributed by atoms with Crippen LogP contribution in [0.1, 0.15) is 33.1 Å². The smallest absolute Gasteiger partial charge is 0.326 e. The van der Waals surface area contributed by atoms with Crippen molar-refractivity contribution in [3.8, 4) is 0 Å². The molecule has 3 heterocycles. The second-order valence-corrected chi connectivity index (χ2v) is 6.37. The average Bonchev–Trinajstić information content (AvgIpc) is 3.01. The van der Waals surface area contributed by atoms with Crippen molar-refractivity contribution in [1.82, 2.24) is 4.90 Å². The minimum atomic E-state index is -1.10. The fourth-order valence-corrected chi connectivity index (χ4v) is 3.81. The molecular formula is C14H19NO5. The van der Waals surface area contributed by atoms with Gasteiger partial charge in [-0.05, 0) is 25.2 Å². The third-order valence-corrected chi connectivity index (χ3v) is 4.61. The lowest BCUT2D eigenvalue weighted by molar-refractivity contribution is -0.157. The van der Waals surface area contributed by atoms with E-state index in [0.29, 0.717) is 6.42 Å². The zero-order valence-electron chi connectivity index (χ0n) is 11.6. The first-order chi connectivity index (χ1) is 9.41. The molecule has 0 aromatic rings. The minimum Gasteiger partial charge on any atom is -0.480 e. The molecule has 110 valence electrons. The van der Waals surface area contributed by atoms with E-state index in [1.807, 2.05) is 13.8 Å². The average molecular weight is 281 g/mol. The van der Waals surface area contributed by atoms with Crippen molar-refractivity contribution < 1.29 is 24.2 Å². The quantitative estimate of drug-likeness (QED) is 0.765. The maximum atomic E-state index is 12.5. The molecule has 6 heteroatoms. The molecule has 20 heavy (non-hydrogen) atoms. The lowest BCUT2D eigenvalue weighted by atomic mass is 9.81. The van der Waals surface area contributed by atoms with Gasteiger partial charge in [0.2, 0.25) is 11.8 Å². The molecular weight excluding hydrogens is 262 g/mol. The first kappa shape index (κ1) is 13.5. The largest absolute Gasteiger partial charge is 0.480 e. The standard InChI is InChI=1S/C14H19NO5/c1-6(2)5-7(14(18)19)15-12(16)10-8-3-4-9(20-8)11(10)13(15)17/h6-11H,3-5H2,1-2H3,(H,18,19)/t7?,8-,9+,10?,11?. The summed E-state index contributed by atoms with van der Waals surface area (Å²) in [6.45, 7) is 3.77. The molecule has 3 unspecified atom stereocenters. The van der Waals surface area contributed by atoms with Crippen LogP contribution in [0.15, 0.2) is 0 Å². The number of carboxylic acids is 1. The van der Waals surface area contributed by atoms with Gasteiger partial charge in [-0.15, -0.1) is 0 Å². The fraction of sp³-hybridized carbons (Fsp3) is 0.786. The summed E-state index contributed by atoms with van der Waals surface area (Å²) in [4.78, 5) is 37.4. The van der Waals surface area contributed by atoms with E-state index in [4.69, 9.17) is 4.74 Å². The van der Waals surface area contributed by atoms with Gasteiger partial charge in [-0.25, -0.2) is 4.79 Å². The molecule has 2 bridgehead atoms. The van der Waals surface area contributed by atoms with Crippen molar-refractivity contribution in [3.63, 3.8) is 0 Å². The highest BCUT2D eigenvalue weighted by Gasteiger charge is 2.63. The lowest BCUT2D eigenvalue weighted by Gasteiger charge is -2.25. The number of likely N-dealkylation sites (tertiary alicyclic amines) is 1. The number of amides is 2. The van der Waals surface area contributed by atoms with Gasteiger partial charge in [-0.1, -0.05) is 13.8 Å². The molecule has 5 atom stereocenters. The van der Waals surface area contributed by atoms with Crippen LogP contribution >= 0.6 is 0 Å². The van der Waals surface area contributed by atoms with Crippen molar-refractivity contribution in [1.29, 1.82) is 0 Å². The van der Waals surface area contributed by atoms with Gasteiger partial charge in [0.25, 0.3) is 0 Å². The Hall–Kier alpha value is -1.43. The highest BCUT2D eigenvalue weighted by molar-refractivity contribution is 6.08. The van der Waals surface area contributed by atoms with Crippen LogP contribution in [0, 0.1) is 17.8 Å². The van der Waals surface area contributed by atoms with E-state index in [9.17, 15) is 19.5 Å². The number of nitrogens with zero attached hydrogens (tertiary/aromatic N) is 1. The van der Waals surface area contributed by atoms with E-state index >= 15 is 0 Å². The van der Waals surface area contributed by atoms with Gasteiger partial charge in [-0.2, -0.15) is 0 Å². The number of carbonyl (C=O) groups is 3. The number of hydrogen-bond acceptors (Lipinski definition) is 4. The van der Waals surface area contributed by atoms with E-state index < -0.39 is 23.8 Å². The molecule has 3 saturated heterocycles. The normalized spacial score (nSPS) is 36.9. The third-order valence-electron chi connectivity index (χ3n) is 4.61. The molecule has 0 saturated carbocycles. The lowest BCUT2D eigenvalue weighted by Crippen LogP contribution is -2.47. The van der Waals surface area contributed by atoms with Crippen LogP contribution in [0.25, 0.3) is 0 Å². The van der Waals surface area contributed by atoms with Crippen LogP contribution < -0.4 is 0 Å². The van der Waals surface area contributed by atoms with Gasteiger partial charge >= 0.3 is 5.97 Å². The second-order valence-electron chi connectivity index (χ2n) is 6.37. The molecule has 3 rings (SSSR count). The Morgan fingerprint density at radius 1 is 1.25 bits per heavy atom. The van der Waals surface area contributed by atoms with Crippen LogP contribution in [0.4, 0.5) is 0 Å². The molecule has 6 nitrogen and oxygen atoms in total. The molecule has 1 N–H and O–H groups in total. The van der Waals surface area contributed by atoms with Gasteiger partial charge in [-0.3, -0.25) is 14.5 Å². The Bertz CT molecular complexity index is 446. The predicted molar refractivity (Wildman–Crippen MR) is 67.6 cm³/mol. The molecule has 2 amide bonds. The molecule has 3 aliphatic rings. The minimum absolute atomic E-state index is 0.102. The summed E-state index contributed by atoms with van der Waals surface area (Å²) in [6.07, 6.45) is 1.49. The van der Waals surface area contributed by atoms with E-state index in [0.717, 1.165) is 17.7 Å². The summed E-state index contributed by atoms with van der Waals surface area (Å²) < 4.78 is 5.63. The number of carbonyl (C=O) groups excluding carboxylic acids is 2.